The Labute approximate surface area is 101 Å². The highest BCUT2D eigenvalue weighted by Crippen LogP contribution is 2.23. The fourth-order valence-electron chi connectivity index (χ4n) is 1.33. The molecular weight excluding hydrogens is 275 g/mol. The highest BCUT2D eigenvalue weighted by Gasteiger charge is 2.37. The number of aromatic nitrogens is 2. The van der Waals surface area contributed by atoms with E-state index in [1.807, 2.05) is 0 Å². The van der Waals surface area contributed by atoms with Crippen molar-refractivity contribution >= 4 is 10.0 Å². The quantitative estimate of drug-likeness (QED) is 0.813. The standard InChI is InChI=1S/C8H12F3N3O3S/c1-6-7(4-12-13-6)18(16,17)14(2-3-15)5-8(9,10)11/h4,15H,2-3,5H2,1H3,(H,12,13). The molecule has 0 aliphatic heterocycles. The lowest BCUT2D eigenvalue weighted by molar-refractivity contribution is -0.136. The zero-order valence-electron chi connectivity index (χ0n) is 9.40. The molecule has 0 bridgehead atoms. The Bertz CT molecular complexity index is 497. The normalized spacial score (nSPS) is 13.2. The maximum Gasteiger partial charge on any atom is 0.402 e. The van der Waals surface area contributed by atoms with E-state index in [2.05, 4.69) is 10.2 Å². The first kappa shape index (κ1) is 14.9. The summed E-state index contributed by atoms with van der Waals surface area (Å²) in [5, 5.41) is 14.5. The lowest BCUT2D eigenvalue weighted by atomic mass is 10.5. The van der Waals surface area contributed by atoms with Crippen LogP contribution in [0.3, 0.4) is 0 Å². The van der Waals surface area contributed by atoms with Gasteiger partial charge in [0.25, 0.3) is 0 Å². The maximum atomic E-state index is 12.3. The second-order valence-corrected chi connectivity index (χ2v) is 5.44. The molecule has 0 atom stereocenters. The molecule has 104 valence electrons. The molecule has 0 saturated heterocycles. The van der Waals surface area contributed by atoms with Crippen LogP contribution in [0, 0.1) is 6.92 Å². The highest BCUT2D eigenvalue weighted by atomic mass is 32.2. The van der Waals surface area contributed by atoms with Crippen molar-refractivity contribution in [2.75, 3.05) is 19.7 Å². The number of alkyl halides is 3. The molecule has 0 aliphatic rings. The largest absolute Gasteiger partial charge is 0.402 e. The number of nitrogens with zero attached hydrogens (tertiary/aromatic N) is 2. The van der Waals surface area contributed by atoms with Gasteiger partial charge in [0.2, 0.25) is 10.0 Å². The summed E-state index contributed by atoms with van der Waals surface area (Å²) in [7, 11) is -4.32. The van der Waals surface area contributed by atoms with Gasteiger partial charge in [-0.05, 0) is 6.92 Å². The van der Waals surface area contributed by atoms with Crippen molar-refractivity contribution in [1.29, 1.82) is 0 Å². The van der Waals surface area contributed by atoms with Gasteiger partial charge < -0.3 is 5.11 Å². The average Bonchev–Trinajstić information content (AvgIpc) is 2.62. The third-order valence-corrected chi connectivity index (χ3v) is 4.07. The molecular formula is C8H12F3N3O3S. The van der Waals surface area contributed by atoms with Crippen LogP contribution >= 0.6 is 0 Å². The number of sulfonamides is 1. The molecule has 1 heterocycles. The van der Waals surface area contributed by atoms with Crippen molar-refractivity contribution in [1.82, 2.24) is 14.5 Å². The van der Waals surface area contributed by atoms with Crippen LogP contribution in [-0.2, 0) is 10.0 Å². The second-order valence-electron chi connectivity index (χ2n) is 3.54. The van der Waals surface area contributed by atoms with Crippen LogP contribution in [0.5, 0.6) is 0 Å². The zero-order chi connectivity index (χ0) is 14.0. The van der Waals surface area contributed by atoms with Crippen LogP contribution in [0.15, 0.2) is 11.1 Å². The van der Waals surface area contributed by atoms with Crippen LogP contribution in [0.1, 0.15) is 5.69 Å². The van der Waals surface area contributed by atoms with Gasteiger partial charge in [0, 0.05) is 6.54 Å². The smallest absolute Gasteiger partial charge is 0.395 e. The Morgan fingerprint density at radius 2 is 2.11 bits per heavy atom. The first-order valence-electron chi connectivity index (χ1n) is 4.86. The van der Waals surface area contributed by atoms with E-state index in [0.29, 0.717) is 0 Å². The van der Waals surface area contributed by atoms with Crippen LogP contribution in [0.25, 0.3) is 0 Å². The predicted molar refractivity (Wildman–Crippen MR) is 55.2 cm³/mol. The van der Waals surface area contributed by atoms with Crippen molar-refractivity contribution in [3.63, 3.8) is 0 Å². The van der Waals surface area contributed by atoms with E-state index < -0.39 is 35.9 Å². The number of halogens is 3. The van der Waals surface area contributed by atoms with Crippen LogP contribution < -0.4 is 0 Å². The molecule has 0 saturated carbocycles. The van der Waals surface area contributed by atoms with E-state index in [1.165, 1.54) is 6.92 Å². The Kier molecular flexibility index (Phi) is 4.35. The van der Waals surface area contributed by atoms with Crippen LogP contribution in [0.2, 0.25) is 0 Å². The number of rotatable bonds is 5. The Balaban J connectivity index is 3.09. The SMILES string of the molecule is Cc1[nH]ncc1S(=O)(=O)N(CCO)CC(F)(F)F. The molecule has 0 unspecified atom stereocenters. The summed E-state index contributed by atoms with van der Waals surface area (Å²) >= 11 is 0. The second kappa shape index (κ2) is 5.24. The topological polar surface area (TPSA) is 86.3 Å². The van der Waals surface area contributed by atoms with Gasteiger partial charge in [0.1, 0.15) is 11.4 Å². The van der Waals surface area contributed by atoms with E-state index in [1.54, 1.807) is 0 Å². The monoisotopic (exact) mass is 287 g/mol. The van der Waals surface area contributed by atoms with E-state index in [4.69, 9.17) is 5.11 Å². The minimum Gasteiger partial charge on any atom is -0.395 e. The Morgan fingerprint density at radius 3 is 2.50 bits per heavy atom. The zero-order valence-corrected chi connectivity index (χ0v) is 10.2. The number of aliphatic hydroxyl groups excluding tert-OH is 1. The van der Waals surface area contributed by atoms with Crippen LogP contribution in [0.4, 0.5) is 13.2 Å². The third kappa shape index (κ3) is 3.43. The van der Waals surface area contributed by atoms with E-state index in [9.17, 15) is 21.6 Å². The minimum absolute atomic E-state index is 0.139. The highest BCUT2D eigenvalue weighted by molar-refractivity contribution is 7.89. The summed E-state index contributed by atoms with van der Waals surface area (Å²) in [6.45, 7) is -1.61. The van der Waals surface area contributed by atoms with Crippen molar-refractivity contribution in [2.24, 2.45) is 0 Å². The molecule has 0 aromatic carbocycles. The van der Waals surface area contributed by atoms with E-state index >= 15 is 0 Å². The molecule has 0 radical (unpaired) electrons. The molecule has 6 nitrogen and oxygen atoms in total. The number of H-pyrrole nitrogens is 1. The lowest BCUT2D eigenvalue weighted by Gasteiger charge is -2.22. The fraction of sp³-hybridized carbons (Fsp3) is 0.625. The van der Waals surface area contributed by atoms with Gasteiger partial charge in [-0.3, -0.25) is 5.10 Å². The summed E-state index contributed by atoms with van der Waals surface area (Å²) < 4.78 is 60.9. The number of aromatic amines is 1. The van der Waals surface area contributed by atoms with Crippen molar-refractivity contribution in [2.45, 2.75) is 18.0 Å². The summed E-state index contributed by atoms with van der Waals surface area (Å²) in [6.07, 6.45) is -3.74. The van der Waals surface area contributed by atoms with E-state index in [-0.39, 0.29) is 14.9 Å². The van der Waals surface area contributed by atoms with Gasteiger partial charge >= 0.3 is 6.18 Å². The summed E-state index contributed by atoms with van der Waals surface area (Å²) in [5.41, 5.74) is 0.139. The third-order valence-electron chi connectivity index (χ3n) is 2.11. The van der Waals surface area contributed by atoms with Crippen LogP contribution in [-0.4, -0.2) is 53.9 Å². The van der Waals surface area contributed by atoms with Gasteiger partial charge in [0.05, 0.1) is 18.5 Å². The molecule has 10 heteroatoms. The molecule has 0 spiro atoms. The lowest BCUT2D eigenvalue weighted by Crippen LogP contribution is -2.40. The number of nitrogens with one attached hydrogen (secondary N) is 1. The first-order chi connectivity index (χ1) is 8.18. The maximum absolute atomic E-state index is 12.3. The molecule has 1 aromatic rings. The molecule has 18 heavy (non-hydrogen) atoms. The molecule has 0 aliphatic carbocycles. The number of hydrogen-bond acceptors (Lipinski definition) is 4. The van der Waals surface area contributed by atoms with Gasteiger partial charge in [-0.2, -0.15) is 22.6 Å². The predicted octanol–water partition coefficient (Wildman–Crippen LogP) is 0.263. The molecule has 0 amide bonds. The van der Waals surface area contributed by atoms with Gasteiger partial charge in [-0.25, -0.2) is 8.42 Å². The number of hydrogen-bond donors (Lipinski definition) is 2. The van der Waals surface area contributed by atoms with Crippen molar-refractivity contribution < 1.29 is 26.7 Å². The molecule has 2 N–H and O–H groups in total. The number of aryl methyl sites for hydroxylation is 1. The van der Waals surface area contributed by atoms with Gasteiger partial charge in [0.15, 0.2) is 0 Å². The van der Waals surface area contributed by atoms with Crippen molar-refractivity contribution in [3.05, 3.63) is 11.9 Å². The fourth-order valence-corrected chi connectivity index (χ4v) is 2.87. The Hall–Kier alpha value is -1.13. The van der Waals surface area contributed by atoms with Gasteiger partial charge in [-0.15, -0.1) is 0 Å². The average molecular weight is 287 g/mol. The first-order valence-corrected chi connectivity index (χ1v) is 6.30. The number of aliphatic hydroxyl groups is 1. The van der Waals surface area contributed by atoms with E-state index in [0.717, 1.165) is 6.20 Å². The minimum atomic E-state index is -4.68. The molecule has 0 fully saturated rings. The Morgan fingerprint density at radius 1 is 1.50 bits per heavy atom. The summed E-state index contributed by atoms with van der Waals surface area (Å²) in [5.74, 6) is 0. The summed E-state index contributed by atoms with van der Waals surface area (Å²) in [6, 6.07) is 0. The van der Waals surface area contributed by atoms with Gasteiger partial charge in [-0.1, -0.05) is 0 Å². The molecule has 1 rings (SSSR count). The molecule has 1 aromatic heterocycles. The summed E-state index contributed by atoms with van der Waals surface area (Å²) in [4.78, 5) is -0.333. The van der Waals surface area contributed by atoms with Crippen molar-refractivity contribution in [3.8, 4) is 0 Å².